The highest BCUT2D eigenvalue weighted by Gasteiger charge is 2.22. The zero-order chi connectivity index (χ0) is 13.3. The average Bonchev–Trinajstić information content (AvgIpc) is 2.36. The van der Waals surface area contributed by atoms with Gasteiger partial charge >= 0.3 is 0 Å². The summed E-state index contributed by atoms with van der Waals surface area (Å²) in [4.78, 5) is 22.2. The summed E-state index contributed by atoms with van der Waals surface area (Å²) in [5.41, 5.74) is -1.09. The van der Waals surface area contributed by atoms with Crippen molar-refractivity contribution in [1.82, 2.24) is 5.01 Å². The second-order valence-electron chi connectivity index (χ2n) is 3.97. The van der Waals surface area contributed by atoms with Crippen molar-refractivity contribution in [3.8, 4) is 11.4 Å². The van der Waals surface area contributed by atoms with Crippen LogP contribution in [0.1, 0.15) is 5.56 Å². The average molecular weight is 245 g/mol. The highest BCUT2D eigenvalue weighted by atomic mass is 16.3. The quantitative estimate of drug-likeness (QED) is 0.286. The van der Waals surface area contributed by atoms with Crippen molar-refractivity contribution in [2.45, 2.75) is 0 Å². The molecule has 0 spiro atoms. The number of hydrogen-bond acceptors (Lipinski definition) is 5. The molecule has 0 aliphatic carbocycles. The van der Waals surface area contributed by atoms with E-state index in [0.29, 0.717) is 0 Å². The first-order chi connectivity index (χ1) is 8.50. The number of hydrogen-bond donors (Lipinski definition) is 0. The van der Waals surface area contributed by atoms with Gasteiger partial charge in [0.15, 0.2) is 12.4 Å². The van der Waals surface area contributed by atoms with Gasteiger partial charge in [-0.1, -0.05) is 0 Å². The summed E-state index contributed by atoms with van der Waals surface area (Å²) in [5.74, 6) is -0.744. The van der Waals surface area contributed by atoms with Gasteiger partial charge in [0.25, 0.3) is 11.1 Å². The lowest BCUT2D eigenvalue weighted by Crippen LogP contribution is -2.49. The summed E-state index contributed by atoms with van der Waals surface area (Å²) in [6.07, 6.45) is 4.71. The van der Waals surface area contributed by atoms with Crippen LogP contribution in [0.25, 0.3) is 5.69 Å². The van der Waals surface area contributed by atoms with E-state index in [1.54, 1.807) is 49.8 Å². The second-order valence-corrected chi connectivity index (χ2v) is 3.97. The van der Waals surface area contributed by atoms with Crippen molar-refractivity contribution in [2.24, 2.45) is 5.10 Å². The lowest BCUT2D eigenvalue weighted by molar-refractivity contribution is -0.602. The van der Waals surface area contributed by atoms with E-state index in [2.05, 4.69) is 5.10 Å². The Morgan fingerprint density at radius 1 is 1.33 bits per heavy atom. The third-order valence-electron chi connectivity index (χ3n) is 2.36. The van der Waals surface area contributed by atoms with Crippen LogP contribution in [0.15, 0.2) is 39.2 Å². The van der Waals surface area contributed by atoms with E-state index >= 15 is 0 Å². The first-order valence-corrected chi connectivity index (χ1v) is 5.24. The van der Waals surface area contributed by atoms with Gasteiger partial charge in [0, 0.05) is 25.9 Å². The smallest absolute Gasteiger partial charge is 0.296 e. The first kappa shape index (κ1) is 12.0. The maximum absolute atomic E-state index is 11.3. The van der Waals surface area contributed by atoms with Crippen LogP contribution in [0.5, 0.6) is 5.75 Å². The summed E-state index contributed by atoms with van der Waals surface area (Å²) < 4.78 is 1.35. The summed E-state index contributed by atoms with van der Waals surface area (Å²) >= 11 is 0. The van der Waals surface area contributed by atoms with Crippen LogP contribution in [-0.4, -0.2) is 25.3 Å². The molecule has 0 saturated carbocycles. The molecule has 0 aliphatic rings. The van der Waals surface area contributed by atoms with E-state index in [1.165, 1.54) is 4.57 Å². The van der Waals surface area contributed by atoms with Gasteiger partial charge in [-0.05, 0) is 6.07 Å². The summed E-state index contributed by atoms with van der Waals surface area (Å²) in [6, 6.07) is 3.45. The van der Waals surface area contributed by atoms with E-state index in [1.807, 2.05) is 0 Å². The Balaban J connectivity index is 2.40. The maximum Gasteiger partial charge on any atom is 0.296 e. The highest BCUT2D eigenvalue weighted by molar-refractivity contribution is 5.78. The van der Waals surface area contributed by atoms with E-state index < -0.39 is 16.6 Å². The van der Waals surface area contributed by atoms with Gasteiger partial charge in [0.1, 0.15) is 0 Å². The molecule has 0 fully saturated rings. The fourth-order valence-electron chi connectivity index (χ4n) is 1.48. The van der Waals surface area contributed by atoms with Gasteiger partial charge < -0.3 is 10.1 Å². The van der Waals surface area contributed by atoms with E-state index in [0.717, 1.165) is 5.56 Å². The molecule has 0 aliphatic heterocycles. The predicted molar refractivity (Wildman–Crippen MR) is 63.6 cm³/mol. The van der Waals surface area contributed by atoms with Crippen molar-refractivity contribution in [2.75, 3.05) is 14.1 Å². The van der Waals surface area contributed by atoms with Crippen LogP contribution in [-0.2, 0) is 0 Å². The topological polar surface area (TPSA) is 76.7 Å². The van der Waals surface area contributed by atoms with Gasteiger partial charge in [-0.2, -0.15) is 9.67 Å². The molecule has 0 unspecified atom stereocenters. The van der Waals surface area contributed by atoms with Gasteiger partial charge in [-0.3, -0.25) is 9.59 Å². The zero-order valence-corrected chi connectivity index (χ0v) is 9.95. The molecule has 1 aromatic heterocycles. The fraction of sp³-hybridized carbons (Fsp3) is 0.167. The van der Waals surface area contributed by atoms with Gasteiger partial charge in [0.2, 0.25) is 5.43 Å². The van der Waals surface area contributed by atoms with Crippen molar-refractivity contribution in [1.29, 1.82) is 0 Å². The Labute approximate surface area is 103 Å². The normalized spacial score (nSPS) is 11.2. The number of rotatable bonds is 3. The lowest BCUT2D eigenvalue weighted by Gasteiger charge is -2.08. The minimum atomic E-state index is -0.954. The Hall–Kier alpha value is -2.50. The van der Waals surface area contributed by atoms with Crippen LogP contribution >= 0.6 is 0 Å². The number of hydrazone groups is 1. The van der Waals surface area contributed by atoms with Gasteiger partial charge in [-0.15, -0.1) is 0 Å². The van der Waals surface area contributed by atoms with E-state index in [4.69, 9.17) is 0 Å². The van der Waals surface area contributed by atoms with Crippen LogP contribution in [0, 0.1) is 0 Å². The van der Waals surface area contributed by atoms with Crippen molar-refractivity contribution in [3.63, 3.8) is 0 Å². The van der Waals surface area contributed by atoms with Crippen LogP contribution in [0.2, 0.25) is 0 Å². The molecule has 1 aromatic carbocycles. The molecule has 0 bridgehead atoms. The summed E-state index contributed by atoms with van der Waals surface area (Å²) in [7, 11) is 3.56. The zero-order valence-electron chi connectivity index (χ0n) is 9.95. The third-order valence-corrected chi connectivity index (χ3v) is 2.36. The molecule has 0 radical (unpaired) electrons. The number of aromatic nitrogens is 1. The largest absolute Gasteiger partial charge is 0.865 e. The summed E-state index contributed by atoms with van der Waals surface area (Å²) in [5, 5.41) is 16.9. The van der Waals surface area contributed by atoms with Gasteiger partial charge in [0.05, 0.1) is 11.8 Å². The first-order valence-electron chi connectivity index (χ1n) is 5.24. The third kappa shape index (κ3) is 2.00. The van der Waals surface area contributed by atoms with E-state index in [9.17, 15) is 14.7 Å². The Kier molecular flexibility index (Phi) is 2.93. The SMILES string of the molecule is CN(C)/N=C/c1ccc[n+](-c2c([O-])c(=O)c2=O)c1. The molecule has 2 aromatic rings. The second kappa shape index (κ2) is 4.40. The fourth-order valence-corrected chi connectivity index (χ4v) is 1.48. The molecule has 92 valence electrons. The summed E-state index contributed by atoms with van der Waals surface area (Å²) in [6.45, 7) is 0. The van der Waals surface area contributed by atoms with Crippen molar-refractivity contribution in [3.05, 3.63) is 50.5 Å². The molecule has 2 rings (SSSR count). The molecule has 0 amide bonds. The van der Waals surface area contributed by atoms with E-state index in [-0.39, 0.29) is 5.69 Å². The molecule has 1 heterocycles. The van der Waals surface area contributed by atoms with Crippen LogP contribution in [0.3, 0.4) is 0 Å². The molecule has 18 heavy (non-hydrogen) atoms. The van der Waals surface area contributed by atoms with Crippen LogP contribution in [0.4, 0.5) is 0 Å². The van der Waals surface area contributed by atoms with Crippen LogP contribution < -0.4 is 20.5 Å². The number of nitrogens with zero attached hydrogens (tertiary/aromatic N) is 3. The molecule has 6 heteroatoms. The molecule has 0 saturated heterocycles. The minimum Gasteiger partial charge on any atom is -0.865 e. The number of pyridine rings is 1. The van der Waals surface area contributed by atoms with Gasteiger partial charge in [-0.25, -0.2) is 0 Å². The molecule has 0 N–H and O–H groups in total. The standard InChI is InChI=1S/C12H11N3O3/c1-14(2)13-6-8-4-3-5-15(7-8)9-10(16)12(18)11(9)17/h3-7H,1-2H3/b13-6+. The Morgan fingerprint density at radius 3 is 2.67 bits per heavy atom. The van der Waals surface area contributed by atoms with Crippen molar-refractivity contribution >= 4 is 6.21 Å². The minimum absolute atomic E-state index is 0.111. The lowest BCUT2D eigenvalue weighted by atomic mass is 10.2. The molecule has 0 atom stereocenters. The maximum atomic E-state index is 11.3. The molecule has 6 nitrogen and oxygen atoms in total. The highest BCUT2D eigenvalue weighted by Crippen LogP contribution is 2.03. The predicted octanol–water partition coefficient (Wildman–Crippen LogP) is -1.47. The molecular formula is C12H11N3O3. The van der Waals surface area contributed by atoms with Crippen molar-refractivity contribution < 1.29 is 9.67 Å². The Morgan fingerprint density at radius 2 is 2.06 bits per heavy atom. The monoisotopic (exact) mass is 245 g/mol. The Bertz CT molecular complexity index is 682. The molecular weight excluding hydrogens is 234 g/mol.